The molecule has 13 heteroatoms. The maximum absolute atomic E-state index is 14.6. The first-order chi connectivity index (χ1) is 15.9. The molecule has 2 atom stereocenters. The molecule has 182 valence electrons. The predicted octanol–water partition coefficient (Wildman–Crippen LogP) is 4.36. The Morgan fingerprint density at radius 1 is 1.18 bits per heavy atom. The standard InChI is InChI=1S/C21H16BrF5N2O5/c22-18-17(9-1-3-10(4-2-9)21(25,26)27)29-20(34-18)14(7-11(31)8-30)33-13-6-5-12(23)15(16(13)24)19(28)32/h1-6,11,14,30-31H,7-8H2,(H2,28,32). The summed E-state index contributed by atoms with van der Waals surface area (Å²) >= 11 is 3.10. The Kier molecular flexibility index (Phi) is 7.58. The van der Waals surface area contributed by atoms with Crippen molar-refractivity contribution < 1.29 is 46.1 Å². The first kappa shape index (κ1) is 25.6. The molecule has 0 bridgehead atoms. The molecular formula is C21H16BrF5N2O5. The molecular weight excluding hydrogens is 535 g/mol. The summed E-state index contributed by atoms with van der Waals surface area (Å²) in [5, 5.41) is 19.1. The van der Waals surface area contributed by atoms with Crippen molar-refractivity contribution in [2.24, 2.45) is 5.73 Å². The van der Waals surface area contributed by atoms with E-state index in [2.05, 4.69) is 20.9 Å². The molecule has 34 heavy (non-hydrogen) atoms. The lowest BCUT2D eigenvalue weighted by molar-refractivity contribution is -0.137. The minimum absolute atomic E-state index is 0.00764. The number of primary amides is 1. The summed E-state index contributed by atoms with van der Waals surface area (Å²) in [6, 6.07) is 5.64. The molecule has 1 aromatic heterocycles. The molecule has 1 heterocycles. The van der Waals surface area contributed by atoms with Crippen molar-refractivity contribution in [1.29, 1.82) is 0 Å². The number of hydrogen-bond donors (Lipinski definition) is 3. The fourth-order valence-electron chi connectivity index (χ4n) is 2.97. The third kappa shape index (κ3) is 5.54. The van der Waals surface area contributed by atoms with E-state index in [1.807, 2.05) is 0 Å². The Balaban J connectivity index is 1.98. The van der Waals surface area contributed by atoms with Crippen molar-refractivity contribution in [1.82, 2.24) is 4.98 Å². The van der Waals surface area contributed by atoms with Crippen LogP contribution >= 0.6 is 15.9 Å². The molecule has 7 nitrogen and oxygen atoms in total. The van der Waals surface area contributed by atoms with Gasteiger partial charge in [-0.3, -0.25) is 4.79 Å². The van der Waals surface area contributed by atoms with Gasteiger partial charge < -0.3 is 25.1 Å². The summed E-state index contributed by atoms with van der Waals surface area (Å²) < 4.78 is 77.8. The smallest absolute Gasteiger partial charge is 0.416 e. The van der Waals surface area contributed by atoms with Crippen molar-refractivity contribution >= 4 is 21.8 Å². The van der Waals surface area contributed by atoms with Gasteiger partial charge in [0.05, 0.1) is 18.3 Å². The third-order valence-electron chi connectivity index (χ3n) is 4.63. The predicted molar refractivity (Wildman–Crippen MR) is 111 cm³/mol. The zero-order chi connectivity index (χ0) is 25.2. The number of amides is 1. The summed E-state index contributed by atoms with van der Waals surface area (Å²) in [4.78, 5) is 15.5. The molecule has 0 saturated heterocycles. The second-order valence-electron chi connectivity index (χ2n) is 7.03. The van der Waals surface area contributed by atoms with Crippen LogP contribution in [0.2, 0.25) is 0 Å². The van der Waals surface area contributed by atoms with Gasteiger partial charge in [-0.05, 0) is 40.2 Å². The fourth-order valence-corrected chi connectivity index (χ4v) is 3.46. The number of aromatic nitrogens is 1. The zero-order valence-electron chi connectivity index (χ0n) is 16.9. The molecule has 4 N–H and O–H groups in total. The molecule has 0 aliphatic heterocycles. The quantitative estimate of drug-likeness (QED) is 0.358. The highest BCUT2D eigenvalue weighted by Gasteiger charge is 2.31. The highest BCUT2D eigenvalue weighted by atomic mass is 79.9. The molecule has 1 amide bonds. The Morgan fingerprint density at radius 3 is 2.38 bits per heavy atom. The number of carbonyl (C=O) groups excluding carboxylic acids is 1. The molecule has 3 aromatic rings. The van der Waals surface area contributed by atoms with E-state index in [1.165, 1.54) is 0 Å². The first-order valence-corrected chi connectivity index (χ1v) is 10.3. The number of nitrogens with zero attached hydrogens (tertiary/aromatic N) is 1. The molecule has 3 rings (SSSR count). The second-order valence-corrected chi connectivity index (χ2v) is 7.75. The van der Waals surface area contributed by atoms with E-state index < -0.39 is 59.4 Å². The van der Waals surface area contributed by atoms with Gasteiger partial charge in [0.25, 0.3) is 5.91 Å². The molecule has 0 aliphatic carbocycles. The molecule has 0 fully saturated rings. The summed E-state index contributed by atoms with van der Waals surface area (Å²) in [5.41, 5.74) is 3.39. The van der Waals surface area contributed by atoms with Crippen molar-refractivity contribution in [3.8, 4) is 17.0 Å². The van der Waals surface area contributed by atoms with Gasteiger partial charge in [-0.1, -0.05) is 12.1 Å². The molecule has 0 spiro atoms. The normalized spacial score (nSPS) is 13.5. The highest BCUT2D eigenvalue weighted by molar-refractivity contribution is 9.10. The van der Waals surface area contributed by atoms with Gasteiger partial charge in [-0.2, -0.15) is 13.2 Å². The van der Waals surface area contributed by atoms with Crippen LogP contribution in [0, 0.1) is 11.6 Å². The van der Waals surface area contributed by atoms with E-state index in [4.69, 9.17) is 14.9 Å². The summed E-state index contributed by atoms with van der Waals surface area (Å²) in [7, 11) is 0. The monoisotopic (exact) mass is 550 g/mol. The lowest BCUT2D eigenvalue weighted by Crippen LogP contribution is -2.21. The number of aliphatic hydroxyl groups is 2. The fraction of sp³-hybridized carbons (Fsp3) is 0.238. The summed E-state index contributed by atoms with van der Waals surface area (Å²) in [6.07, 6.45) is -7.64. The van der Waals surface area contributed by atoms with Gasteiger partial charge in [0.2, 0.25) is 5.89 Å². The molecule has 2 aromatic carbocycles. The van der Waals surface area contributed by atoms with Crippen molar-refractivity contribution in [3.63, 3.8) is 0 Å². The lowest BCUT2D eigenvalue weighted by Gasteiger charge is -2.19. The maximum atomic E-state index is 14.6. The maximum Gasteiger partial charge on any atom is 0.416 e. The van der Waals surface area contributed by atoms with Gasteiger partial charge in [0.15, 0.2) is 22.3 Å². The van der Waals surface area contributed by atoms with E-state index in [0.717, 1.165) is 36.4 Å². The molecule has 0 aliphatic rings. The van der Waals surface area contributed by atoms with Gasteiger partial charge in [-0.15, -0.1) is 0 Å². The molecule has 0 radical (unpaired) electrons. The van der Waals surface area contributed by atoms with Crippen LogP contribution in [0.15, 0.2) is 45.5 Å². The number of benzene rings is 2. The Hall–Kier alpha value is -3.03. The largest absolute Gasteiger partial charge is 0.477 e. The summed E-state index contributed by atoms with van der Waals surface area (Å²) in [6.45, 7) is -0.702. The average Bonchev–Trinajstić information content (AvgIpc) is 3.15. The molecule has 0 saturated carbocycles. The van der Waals surface area contributed by atoms with Gasteiger partial charge >= 0.3 is 6.18 Å². The lowest BCUT2D eigenvalue weighted by atomic mass is 10.1. The Bertz CT molecular complexity index is 1180. The van der Waals surface area contributed by atoms with E-state index in [-0.39, 0.29) is 28.2 Å². The summed E-state index contributed by atoms with van der Waals surface area (Å²) in [5.74, 6) is -4.86. The van der Waals surface area contributed by atoms with Crippen LogP contribution in [0.3, 0.4) is 0 Å². The Labute approximate surface area is 197 Å². The number of hydrogen-bond acceptors (Lipinski definition) is 6. The minimum Gasteiger partial charge on any atom is -0.477 e. The van der Waals surface area contributed by atoms with Crippen LogP contribution in [0.5, 0.6) is 5.75 Å². The van der Waals surface area contributed by atoms with E-state index >= 15 is 0 Å². The zero-order valence-corrected chi connectivity index (χ0v) is 18.5. The number of nitrogens with two attached hydrogens (primary N) is 1. The number of rotatable bonds is 8. The van der Waals surface area contributed by atoms with Crippen molar-refractivity contribution in [2.75, 3.05) is 6.61 Å². The van der Waals surface area contributed by atoms with Gasteiger partial charge in [0.1, 0.15) is 17.1 Å². The first-order valence-electron chi connectivity index (χ1n) is 9.49. The van der Waals surface area contributed by atoms with E-state index in [9.17, 15) is 37.0 Å². The number of ether oxygens (including phenoxy) is 1. The van der Waals surface area contributed by atoms with Crippen LogP contribution in [-0.2, 0) is 6.18 Å². The van der Waals surface area contributed by atoms with Crippen LogP contribution in [-0.4, -0.2) is 33.8 Å². The van der Waals surface area contributed by atoms with E-state index in [1.54, 1.807) is 0 Å². The number of alkyl halides is 3. The van der Waals surface area contributed by atoms with Crippen molar-refractivity contribution in [3.05, 3.63) is 69.7 Å². The highest BCUT2D eigenvalue weighted by Crippen LogP contribution is 2.36. The van der Waals surface area contributed by atoms with Crippen LogP contribution < -0.4 is 10.5 Å². The average molecular weight is 551 g/mol. The van der Waals surface area contributed by atoms with Gasteiger partial charge in [0, 0.05) is 12.0 Å². The SMILES string of the molecule is NC(=O)c1c(F)ccc(OC(CC(O)CO)c2nc(-c3ccc(C(F)(F)F)cc3)c(Br)o2)c1F. The number of oxazole rings is 1. The number of aliphatic hydroxyl groups excluding tert-OH is 2. The Morgan fingerprint density at radius 2 is 1.82 bits per heavy atom. The second kappa shape index (κ2) is 10.1. The minimum atomic E-state index is -4.53. The number of carbonyl (C=O) groups is 1. The topological polar surface area (TPSA) is 119 Å². The van der Waals surface area contributed by atoms with E-state index in [0.29, 0.717) is 0 Å². The van der Waals surface area contributed by atoms with Gasteiger partial charge in [-0.25, -0.2) is 13.8 Å². The van der Waals surface area contributed by atoms with Crippen LogP contribution in [0.1, 0.15) is 34.3 Å². The molecule has 2 unspecified atom stereocenters. The van der Waals surface area contributed by atoms with Crippen molar-refractivity contribution in [2.45, 2.75) is 24.8 Å². The third-order valence-corrected chi connectivity index (χ3v) is 5.17. The van der Waals surface area contributed by atoms with Crippen LogP contribution in [0.25, 0.3) is 11.3 Å². The van der Waals surface area contributed by atoms with Crippen LogP contribution in [0.4, 0.5) is 22.0 Å². The number of halogens is 6.